The van der Waals surface area contributed by atoms with Gasteiger partial charge in [0.05, 0.1) is 0 Å². The number of rotatable bonds is 5. The lowest BCUT2D eigenvalue weighted by molar-refractivity contribution is -0.118. The minimum atomic E-state index is -0.568. The van der Waals surface area contributed by atoms with Gasteiger partial charge in [-0.05, 0) is 30.3 Å². The van der Waals surface area contributed by atoms with E-state index in [1.54, 1.807) is 18.2 Å². The third-order valence-electron chi connectivity index (χ3n) is 2.94. The number of carbonyl (C=O) groups is 1. The van der Waals surface area contributed by atoms with Crippen molar-refractivity contribution in [3.05, 3.63) is 58.8 Å². The predicted octanol–water partition coefficient (Wildman–Crippen LogP) is 3.66. The van der Waals surface area contributed by atoms with E-state index in [0.717, 1.165) is 5.56 Å². The van der Waals surface area contributed by atoms with E-state index in [1.165, 1.54) is 12.1 Å². The fourth-order valence-electron chi connectivity index (χ4n) is 1.86. The maximum atomic E-state index is 13.6. The first-order chi connectivity index (χ1) is 11.6. The van der Waals surface area contributed by atoms with Crippen LogP contribution in [0.3, 0.4) is 0 Å². The molecule has 0 saturated heterocycles. The van der Waals surface area contributed by atoms with Gasteiger partial charge in [-0.2, -0.15) is 0 Å². The molecule has 0 aliphatic heterocycles. The molecule has 0 unspecified atom stereocenters. The molecule has 0 aliphatic carbocycles. The van der Waals surface area contributed by atoms with Crippen LogP contribution >= 0.6 is 15.9 Å². The maximum absolute atomic E-state index is 13.6. The van der Waals surface area contributed by atoms with Crippen LogP contribution in [0.4, 0.5) is 10.4 Å². The van der Waals surface area contributed by atoms with Gasteiger partial charge in [-0.25, -0.2) is 4.39 Å². The van der Waals surface area contributed by atoms with Crippen LogP contribution in [0, 0.1) is 5.82 Å². The quantitative estimate of drug-likeness (QED) is 0.717. The van der Waals surface area contributed by atoms with Gasteiger partial charge in [0.2, 0.25) is 5.89 Å². The fraction of sp³-hybridized carbons (Fsp3) is 0.0625. The summed E-state index contributed by atoms with van der Waals surface area (Å²) in [6.45, 7) is -0.387. The van der Waals surface area contributed by atoms with E-state index in [0.29, 0.717) is 4.47 Å². The monoisotopic (exact) mass is 391 g/mol. The highest BCUT2D eigenvalue weighted by Crippen LogP contribution is 2.22. The molecule has 1 aromatic heterocycles. The summed E-state index contributed by atoms with van der Waals surface area (Å²) in [5, 5.41) is 9.97. The van der Waals surface area contributed by atoms with E-state index in [4.69, 9.17) is 9.15 Å². The Hall–Kier alpha value is -2.74. The van der Waals surface area contributed by atoms with Gasteiger partial charge in [0.25, 0.3) is 5.91 Å². The smallest absolute Gasteiger partial charge is 0.322 e. The highest BCUT2D eigenvalue weighted by molar-refractivity contribution is 9.10. The Morgan fingerprint density at radius 1 is 1.21 bits per heavy atom. The Morgan fingerprint density at radius 2 is 2.00 bits per heavy atom. The largest absolute Gasteiger partial charge is 0.481 e. The van der Waals surface area contributed by atoms with Crippen LogP contribution in [0.2, 0.25) is 0 Å². The molecule has 0 spiro atoms. The number of halogens is 2. The molecule has 3 rings (SSSR count). The van der Waals surface area contributed by atoms with Crippen molar-refractivity contribution < 1.29 is 18.3 Å². The van der Waals surface area contributed by atoms with Crippen molar-refractivity contribution in [2.45, 2.75) is 0 Å². The summed E-state index contributed by atoms with van der Waals surface area (Å²) in [5.74, 6) is -0.850. The van der Waals surface area contributed by atoms with Crippen LogP contribution in [0.15, 0.2) is 57.4 Å². The molecule has 1 N–H and O–H groups in total. The van der Waals surface area contributed by atoms with Crippen LogP contribution in [0.5, 0.6) is 5.75 Å². The highest BCUT2D eigenvalue weighted by atomic mass is 79.9. The molecule has 1 amide bonds. The first kappa shape index (κ1) is 16.1. The third-order valence-corrected chi connectivity index (χ3v) is 3.44. The molecule has 0 bridgehead atoms. The zero-order valence-electron chi connectivity index (χ0n) is 12.2. The predicted molar refractivity (Wildman–Crippen MR) is 88.0 cm³/mol. The summed E-state index contributed by atoms with van der Waals surface area (Å²) in [7, 11) is 0. The van der Waals surface area contributed by atoms with E-state index in [-0.39, 0.29) is 24.3 Å². The van der Waals surface area contributed by atoms with E-state index >= 15 is 0 Å². The Kier molecular flexibility index (Phi) is 4.85. The zero-order chi connectivity index (χ0) is 16.9. The van der Waals surface area contributed by atoms with Crippen molar-refractivity contribution in [1.82, 2.24) is 10.2 Å². The molecule has 1 heterocycles. The maximum Gasteiger partial charge on any atom is 0.322 e. The number of nitrogens with zero attached hydrogens (tertiary/aromatic N) is 2. The SMILES string of the molecule is O=C(COc1ccc(Br)cc1F)Nc1nnc(-c2ccccc2)o1. The molecule has 122 valence electrons. The lowest BCUT2D eigenvalue weighted by Crippen LogP contribution is -2.20. The zero-order valence-corrected chi connectivity index (χ0v) is 13.8. The molecule has 0 fully saturated rings. The number of carbonyl (C=O) groups excluding carboxylic acids is 1. The van der Waals surface area contributed by atoms with Gasteiger partial charge in [0, 0.05) is 10.0 Å². The van der Waals surface area contributed by atoms with Crippen molar-refractivity contribution in [2.75, 3.05) is 11.9 Å². The second-order valence-corrected chi connectivity index (χ2v) is 5.61. The second kappa shape index (κ2) is 7.22. The van der Waals surface area contributed by atoms with Gasteiger partial charge >= 0.3 is 6.01 Å². The fourth-order valence-corrected chi connectivity index (χ4v) is 2.20. The minimum Gasteiger partial charge on any atom is -0.481 e. The summed E-state index contributed by atoms with van der Waals surface area (Å²) in [5.41, 5.74) is 0.735. The van der Waals surface area contributed by atoms with Gasteiger partial charge in [-0.15, -0.1) is 5.10 Å². The van der Waals surface area contributed by atoms with Gasteiger partial charge in [-0.3, -0.25) is 10.1 Å². The van der Waals surface area contributed by atoms with Crippen molar-refractivity contribution >= 4 is 27.9 Å². The van der Waals surface area contributed by atoms with Crippen molar-refractivity contribution in [3.63, 3.8) is 0 Å². The van der Waals surface area contributed by atoms with Crippen LogP contribution in [-0.4, -0.2) is 22.7 Å². The molecule has 0 atom stereocenters. The number of anilines is 1. The molecule has 6 nitrogen and oxygen atoms in total. The molecule has 3 aromatic rings. The van der Waals surface area contributed by atoms with Crippen LogP contribution < -0.4 is 10.1 Å². The van der Waals surface area contributed by atoms with Crippen LogP contribution in [0.1, 0.15) is 0 Å². The van der Waals surface area contributed by atoms with E-state index < -0.39 is 11.7 Å². The molecule has 0 saturated carbocycles. The van der Waals surface area contributed by atoms with E-state index in [9.17, 15) is 9.18 Å². The number of nitrogens with one attached hydrogen (secondary N) is 1. The Labute approximate surface area is 144 Å². The lowest BCUT2D eigenvalue weighted by Gasteiger charge is -2.06. The minimum absolute atomic E-state index is 0.0242. The Bertz CT molecular complexity index is 855. The van der Waals surface area contributed by atoms with Gasteiger partial charge in [0.15, 0.2) is 18.2 Å². The van der Waals surface area contributed by atoms with Gasteiger partial charge < -0.3 is 9.15 Å². The van der Waals surface area contributed by atoms with Crippen LogP contribution in [-0.2, 0) is 4.79 Å². The number of amides is 1. The Balaban J connectivity index is 1.58. The molecule has 2 aromatic carbocycles. The second-order valence-electron chi connectivity index (χ2n) is 4.69. The normalized spacial score (nSPS) is 10.4. The van der Waals surface area contributed by atoms with Gasteiger partial charge in [0.1, 0.15) is 0 Å². The number of hydrogen-bond acceptors (Lipinski definition) is 5. The van der Waals surface area contributed by atoms with Crippen molar-refractivity contribution in [3.8, 4) is 17.2 Å². The van der Waals surface area contributed by atoms with Crippen molar-refractivity contribution in [1.29, 1.82) is 0 Å². The number of aromatic nitrogens is 2. The average molecular weight is 392 g/mol. The third kappa shape index (κ3) is 3.96. The molecule has 24 heavy (non-hydrogen) atoms. The topological polar surface area (TPSA) is 77.2 Å². The number of ether oxygens (including phenoxy) is 1. The number of benzene rings is 2. The van der Waals surface area contributed by atoms with Crippen molar-refractivity contribution in [2.24, 2.45) is 0 Å². The summed E-state index contributed by atoms with van der Waals surface area (Å²) in [6, 6.07) is 13.4. The molecular formula is C16H11BrFN3O3. The van der Waals surface area contributed by atoms with Gasteiger partial charge in [-0.1, -0.05) is 39.2 Å². The standard InChI is InChI=1S/C16H11BrFN3O3/c17-11-6-7-13(12(18)8-11)23-9-14(22)19-16-21-20-15(24-16)10-4-2-1-3-5-10/h1-8H,9H2,(H,19,21,22). The molecular weight excluding hydrogens is 381 g/mol. The lowest BCUT2D eigenvalue weighted by atomic mass is 10.2. The summed E-state index contributed by atoms with van der Waals surface area (Å²) in [6.07, 6.45) is 0. The first-order valence-corrected chi connectivity index (χ1v) is 7.68. The molecule has 0 aliphatic rings. The summed E-state index contributed by atoms with van der Waals surface area (Å²) < 4.78 is 24.6. The molecule has 0 radical (unpaired) electrons. The van der Waals surface area contributed by atoms with Crippen LogP contribution in [0.25, 0.3) is 11.5 Å². The van der Waals surface area contributed by atoms with E-state index in [1.807, 2.05) is 18.2 Å². The Morgan fingerprint density at radius 3 is 2.75 bits per heavy atom. The summed E-state index contributed by atoms with van der Waals surface area (Å²) in [4.78, 5) is 11.8. The highest BCUT2D eigenvalue weighted by Gasteiger charge is 2.12. The van der Waals surface area contributed by atoms with E-state index in [2.05, 4.69) is 31.4 Å². The molecule has 8 heteroatoms. The summed E-state index contributed by atoms with van der Waals surface area (Å²) >= 11 is 3.14. The average Bonchev–Trinajstić information content (AvgIpc) is 3.03. The number of hydrogen-bond donors (Lipinski definition) is 1. The first-order valence-electron chi connectivity index (χ1n) is 6.88.